The lowest BCUT2D eigenvalue weighted by Crippen LogP contribution is -2.41. The van der Waals surface area contributed by atoms with Crippen molar-refractivity contribution in [2.75, 3.05) is 38.3 Å². The SMILES string of the molecule is COc1ccc(OCCNC(=O)C2CCN(c3cc(-n4ccnc4)ncn3)CC2)cc1. The van der Waals surface area contributed by atoms with E-state index in [0.29, 0.717) is 13.2 Å². The number of carbonyl (C=O) groups is 1. The van der Waals surface area contributed by atoms with Gasteiger partial charge in [-0.15, -0.1) is 0 Å². The van der Waals surface area contributed by atoms with E-state index in [0.717, 1.165) is 49.1 Å². The van der Waals surface area contributed by atoms with E-state index in [-0.39, 0.29) is 11.8 Å². The molecule has 9 nitrogen and oxygen atoms in total. The van der Waals surface area contributed by atoms with Gasteiger partial charge in [0.15, 0.2) is 0 Å². The van der Waals surface area contributed by atoms with Crippen LogP contribution in [0.4, 0.5) is 5.82 Å². The van der Waals surface area contributed by atoms with Crippen LogP contribution in [-0.2, 0) is 4.79 Å². The van der Waals surface area contributed by atoms with Crippen molar-refractivity contribution in [3.63, 3.8) is 0 Å². The minimum Gasteiger partial charge on any atom is -0.497 e. The molecule has 0 spiro atoms. The lowest BCUT2D eigenvalue weighted by Gasteiger charge is -2.32. The summed E-state index contributed by atoms with van der Waals surface area (Å²) < 4.78 is 12.6. The van der Waals surface area contributed by atoms with E-state index in [4.69, 9.17) is 9.47 Å². The fourth-order valence-corrected chi connectivity index (χ4v) is 3.58. The average molecular weight is 422 g/mol. The number of rotatable bonds is 8. The van der Waals surface area contributed by atoms with Crippen molar-refractivity contribution in [1.29, 1.82) is 0 Å². The Morgan fingerprint density at radius 3 is 2.58 bits per heavy atom. The van der Waals surface area contributed by atoms with Crippen molar-refractivity contribution < 1.29 is 14.3 Å². The molecule has 1 fully saturated rings. The van der Waals surface area contributed by atoms with Gasteiger partial charge in [-0.3, -0.25) is 9.36 Å². The van der Waals surface area contributed by atoms with Gasteiger partial charge in [-0.05, 0) is 37.1 Å². The normalized spacial score (nSPS) is 14.3. The molecule has 1 N–H and O–H groups in total. The number of benzene rings is 1. The number of ether oxygens (including phenoxy) is 2. The van der Waals surface area contributed by atoms with Crippen LogP contribution in [0.1, 0.15) is 12.8 Å². The van der Waals surface area contributed by atoms with Gasteiger partial charge >= 0.3 is 0 Å². The molecule has 0 unspecified atom stereocenters. The molecule has 2 aromatic heterocycles. The van der Waals surface area contributed by atoms with Crippen LogP contribution in [-0.4, -0.2) is 58.8 Å². The van der Waals surface area contributed by atoms with Gasteiger partial charge in [0.1, 0.15) is 42.4 Å². The van der Waals surface area contributed by atoms with Gasteiger partial charge in [-0.1, -0.05) is 0 Å². The van der Waals surface area contributed by atoms with Gasteiger partial charge in [0, 0.05) is 37.5 Å². The van der Waals surface area contributed by atoms with Crippen LogP contribution in [0.15, 0.2) is 55.4 Å². The number of carbonyl (C=O) groups excluding carboxylic acids is 1. The van der Waals surface area contributed by atoms with Crippen LogP contribution >= 0.6 is 0 Å². The maximum absolute atomic E-state index is 12.5. The van der Waals surface area contributed by atoms with Crippen LogP contribution in [0.3, 0.4) is 0 Å². The summed E-state index contributed by atoms with van der Waals surface area (Å²) in [6, 6.07) is 9.33. The first-order chi connectivity index (χ1) is 15.2. The Labute approximate surface area is 181 Å². The highest BCUT2D eigenvalue weighted by atomic mass is 16.5. The molecular formula is C22H26N6O3. The monoisotopic (exact) mass is 422 g/mol. The van der Waals surface area contributed by atoms with E-state index < -0.39 is 0 Å². The highest BCUT2D eigenvalue weighted by Gasteiger charge is 2.25. The lowest BCUT2D eigenvalue weighted by atomic mass is 9.96. The second-order valence-corrected chi connectivity index (χ2v) is 7.28. The Balaban J connectivity index is 1.20. The van der Waals surface area contributed by atoms with Crippen LogP contribution in [0.25, 0.3) is 5.82 Å². The summed E-state index contributed by atoms with van der Waals surface area (Å²) in [5.74, 6) is 3.27. The molecular weight excluding hydrogens is 396 g/mol. The van der Waals surface area contributed by atoms with Crippen molar-refractivity contribution in [1.82, 2.24) is 24.8 Å². The maximum Gasteiger partial charge on any atom is 0.223 e. The molecule has 3 aromatic rings. The molecule has 162 valence electrons. The van der Waals surface area contributed by atoms with Crippen molar-refractivity contribution in [2.24, 2.45) is 5.92 Å². The summed E-state index contributed by atoms with van der Waals surface area (Å²) in [7, 11) is 1.63. The molecule has 0 atom stereocenters. The summed E-state index contributed by atoms with van der Waals surface area (Å²) in [5, 5.41) is 2.98. The summed E-state index contributed by atoms with van der Waals surface area (Å²) in [4.78, 5) is 27.5. The number of piperidine rings is 1. The molecule has 0 bridgehead atoms. The Morgan fingerprint density at radius 1 is 1.13 bits per heavy atom. The number of hydrogen-bond donors (Lipinski definition) is 1. The average Bonchev–Trinajstić information content (AvgIpc) is 3.37. The molecule has 4 rings (SSSR count). The molecule has 1 saturated heterocycles. The number of hydrogen-bond acceptors (Lipinski definition) is 7. The molecule has 0 aliphatic carbocycles. The standard InChI is InChI=1S/C22H26N6O3/c1-30-18-2-4-19(5-3-18)31-13-9-24-22(29)17-6-10-27(11-7-17)20-14-21(26-15-25-20)28-12-8-23-16-28/h2-5,8,12,14-17H,6-7,9-11,13H2,1H3,(H,24,29). The summed E-state index contributed by atoms with van der Waals surface area (Å²) in [5.41, 5.74) is 0. The number of aromatic nitrogens is 4. The summed E-state index contributed by atoms with van der Waals surface area (Å²) >= 11 is 0. The molecule has 0 radical (unpaired) electrons. The van der Waals surface area contributed by atoms with Crippen LogP contribution in [0.5, 0.6) is 11.5 Å². The molecule has 1 amide bonds. The molecule has 0 saturated carbocycles. The first-order valence-corrected chi connectivity index (χ1v) is 10.3. The van der Waals surface area contributed by atoms with Gasteiger partial charge in [0.05, 0.1) is 13.7 Å². The smallest absolute Gasteiger partial charge is 0.223 e. The first kappa shape index (κ1) is 20.6. The number of methoxy groups -OCH3 is 1. The van der Waals surface area contributed by atoms with Crippen molar-refractivity contribution in [2.45, 2.75) is 12.8 Å². The molecule has 1 aromatic carbocycles. The zero-order chi connectivity index (χ0) is 21.5. The number of amides is 1. The van der Waals surface area contributed by atoms with Crippen LogP contribution in [0.2, 0.25) is 0 Å². The quantitative estimate of drug-likeness (QED) is 0.556. The maximum atomic E-state index is 12.5. The second kappa shape index (κ2) is 9.92. The Kier molecular flexibility index (Phi) is 6.61. The van der Waals surface area contributed by atoms with Gasteiger partial charge in [0.25, 0.3) is 0 Å². The van der Waals surface area contributed by atoms with E-state index in [1.165, 1.54) is 0 Å². The third-order valence-electron chi connectivity index (χ3n) is 5.33. The Hall–Kier alpha value is -3.62. The van der Waals surface area contributed by atoms with E-state index in [9.17, 15) is 4.79 Å². The van der Waals surface area contributed by atoms with Gasteiger partial charge in [-0.25, -0.2) is 15.0 Å². The van der Waals surface area contributed by atoms with Crippen molar-refractivity contribution in [3.05, 3.63) is 55.4 Å². The second-order valence-electron chi connectivity index (χ2n) is 7.28. The van der Waals surface area contributed by atoms with E-state index in [1.54, 1.807) is 26.0 Å². The predicted molar refractivity (Wildman–Crippen MR) is 116 cm³/mol. The largest absolute Gasteiger partial charge is 0.497 e. The Bertz CT molecular complexity index is 969. The van der Waals surface area contributed by atoms with E-state index >= 15 is 0 Å². The third kappa shape index (κ3) is 5.30. The lowest BCUT2D eigenvalue weighted by molar-refractivity contribution is -0.125. The zero-order valence-electron chi connectivity index (χ0n) is 17.5. The zero-order valence-corrected chi connectivity index (χ0v) is 17.5. The van der Waals surface area contributed by atoms with Crippen molar-refractivity contribution >= 4 is 11.7 Å². The number of imidazole rings is 1. The van der Waals surface area contributed by atoms with Crippen LogP contribution < -0.4 is 19.7 Å². The number of anilines is 1. The molecule has 31 heavy (non-hydrogen) atoms. The highest BCUT2D eigenvalue weighted by Crippen LogP contribution is 2.23. The van der Waals surface area contributed by atoms with Gasteiger partial charge in [-0.2, -0.15) is 0 Å². The van der Waals surface area contributed by atoms with E-state index in [2.05, 4.69) is 25.2 Å². The topological polar surface area (TPSA) is 94.4 Å². The summed E-state index contributed by atoms with van der Waals surface area (Å²) in [6.07, 6.45) is 8.41. The minimum atomic E-state index is 0.00666. The van der Waals surface area contributed by atoms with Gasteiger partial charge in [0.2, 0.25) is 5.91 Å². The summed E-state index contributed by atoms with van der Waals surface area (Å²) in [6.45, 7) is 2.46. The number of nitrogens with zero attached hydrogens (tertiary/aromatic N) is 5. The fraction of sp³-hybridized carbons (Fsp3) is 0.364. The number of nitrogens with one attached hydrogen (secondary N) is 1. The minimum absolute atomic E-state index is 0.00666. The highest BCUT2D eigenvalue weighted by molar-refractivity contribution is 5.79. The van der Waals surface area contributed by atoms with E-state index in [1.807, 2.05) is 41.1 Å². The first-order valence-electron chi connectivity index (χ1n) is 10.3. The van der Waals surface area contributed by atoms with Crippen molar-refractivity contribution in [3.8, 4) is 17.3 Å². The molecule has 1 aliphatic heterocycles. The van der Waals surface area contributed by atoms with Crippen LogP contribution in [0, 0.1) is 5.92 Å². The Morgan fingerprint density at radius 2 is 1.87 bits per heavy atom. The predicted octanol–water partition coefficient (Wildman–Crippen LogP) is 2.08. The molecule has 9 heteroatoms. The fourth-order valence-electron chi connectivity index (χ4n) is 3.58. The molecule has 1 aliphatic rings. The van der Waals surface area contributed by atoms with Gasteiger partial charge < -0.3 is 19.7 Å². The molecule has 3 heterocycles. The third-order valence-corrected chi connectivity index (χ3v) is 5.33.